The summed E-state index contributed by atoms with van der Waals surface area (Å²) in [5.74, 6) is 1.12. The van der Waals surface area contributed by atoms with Crippen molar-refractivity contribution in [1.29, 1.82) is 0 Å². The second-order valence-electron chi connectivity index (χ2n) is 5.59. The SMILES string of the molecule is CC1(C)OB(/C=C/c2nc(F)ccc2N)OC1(C)C. The topological polar surface area (TPSA) is 57.4 Å². The van der Waals surface area contributed by atoms with Crippen LogP contribution in [-0.2, 0) is 9.31 Å². The zero-order valence-corrected chi connectivity index (χ0v) is 11.6. The van der Waals surface area contributed by atoms with Crippen LogP contribution in [0.2, 0.25) is 0 Å². The average molecular weight is 264 g/mol. The first-order valence-electron chi connectivity index (χ1n) is 6.17. The Morgan fingerprint density at radius 3 is 2.37 bits per heavy atom. The summed E-state index contributed by atoms with van der Waals surface area (Å²) in [6.07, 6.45) is 1.61. The molecule has 0 aromatic carbocycles. The van der Waals surface area contributed by atoms with Gasteiger partial charge in [0.05, 0.1) is 22.6 Å². The van der Waals surface area contributed by atoms with Crippen molar-refractivity contribution in [2.24, 2.45) is 0 Å². The monoisotopic (exact) mass is 264 g/mol. The van der Waals surface area contributed by atoms with Crippen molar-refractivity contribution in [3.05, 3.63) is 29.7 Å². The van der Waals surface area contributed by atoms with E-state index in [1.807, 2.05) is 27.7 Å². The van der Waals surface area contributed by atoms with Crippen LogP contribution in [0, 0.1) is 5.95 Å². The summed E-state index contributed by atoms with van der Waals surface area (Å²) in [5.41, 5.74) is 5.70. The van der Waals surface area contributed by atoms with Gasteiger partial charge < -0.3 is 15.0 Å². The molecule has 0 amide bonds. The van der Waals surface area contributed by atoms with Crippen LogP contribution in [0.4, 0.5) is 10.1 Å². The third-order valence-corrected chi connectivity index (χ3v) is 3.61. The highest BCUT2D eigenvalue weighted by Crippen LogP contribution is 2.37. The molecule has 1 fully saturated rings. The Morgan fingerprint density at radius 1 is 1.21 bits per heavy atom. The first-order chi connectivity index (χ1) is 8.71. The molecule has 0 radical (unpaired) electrons. The summed E-state index contributed by atoms with van der Waals surface area (Å²) in [5, 5.41) is 0. The van der Waals surface area contributed by atoms with E-state index >= 15 is 0 Å². The smallest absolute Gasteiger partial charge is 0.400 e. The molecular weight excluding hydrogens is 246 g/mol. The zero-order chi connectivity index (χ0) is 14.3. The summed E-state index contributed by atoms with van der Waals surface area (Å²) in [6.45, 7) is 7.87. The second kappa shape index (κ2) is 4.61. The molecule has 1 aromatic heterocycles. The Kier molecular flexibility index (Phi) is 3.41. The Labute approximate surface area is 113 Å². The summed E-state index contributed by atoms with van der Waals surface area (Å²) in [4.78, 5) is 3.72. The summed E-state index contributed by atoms with van der Waals surface area (Å²) < 4.78 is 24.6. The van der Waals surface area contributed by atoms with Gasteiger partial charge in [-0.25, -0.2) is 4.98 Å². The van der Waals surface area contributed by atoms with Gasteiger partial charge in [0.25, 0.3) is 0 Å². The van der Waals surface area contributed by atoms with Gasteiger partial charge in [0.1, 0.15) is 0 Å². The van der Waals surface area contributed by atoms with Crippen molar-refractivity contribution in [1.82, 2.24) is 4.98 Å². The molecule has 19 heavy (non-hydrogen) atoms. The van der Waals surface area contributed by atoms with E-state index in [1.165, 1.54) is 12.1 Å². The zero-order valence-electron chi connectivity index (χ0n) is 11.6. The molecule has 0 unspecified atom stereocenters. The number of aromatic nitrogens is 1. The summed E-state index contributed by atoms with van der Waals surface area (Å²) in [6, 6.07) is 2.70. The maximum absolute atomic E-state index is 13.0. The van der Waals surface area contributed by atoms with Crippen LogP contribution in [0.1, 0.15) is 33.4 Å². The molecule has 0 atom stereocenters. The normalized spacial score (nSPS) is 21.2. The Morgan fingerprint density at radius 2 is 1.79 bits per heavy atom. The second-order valence-corrected chi connectivity index (χ2v) is 5.59. The van der Waals surface area contributed by atoms with E-state index in [-0.39, 0.29) is 0 Å². The van der Waals surface area contributed by atoms with Gasteiger partial charge in [0.2, 0.25) is 5.95 Å². The number of nitrogens with zero attached hydrogens (tertiary/aromatic N) is 1. The molecule has 6 heteroatoms. The van der Waals surface area contributed by atoms with Crippen LogP contribution in [0.25, 0.3) is 6.08 Å². The van der Waals surface area contributed by atoms with Gasteiger partial charge in [-0.15, -0.1) is 0 Å². The maximum Gasteiger partial charge on any atom is 0.487 e. The fraction of sp³-hybridized carbons (Fsp3) is 0.462. The molecule has 4 nitrogen and oxygen atoms in total. The minimum atomic E-state index is -0.567. The van der Waals surface area contributed by atoms with Crippen molar-refractivity contribution in [3.63, 3.8) is 0 Å². The minimum absolute atomic E-state index is 0.370. The molecule has 2 N–H and O–H groups in total. The van der Waals surface area contributed by atoms with E-state index in [1.54, 1.807) is 12.1 Å². The van der Waals surface area contributed by atoms with Gasteiger partial charge in [0, 0.05) is 0 Å². The number of nitrogens with two attached hydrogens (primary N) is 1. The first-order valence-corrected chi connectivity index (χ1v) is 6.17. The highest BCUT2D eigenvalue weighted by Gasteiger charge is 2.50. The molecule has 0 spiro atoms. The lowest BCUT2D eigenvalue weighted by Crippen LogP contribution is -2.41. The third kappa shape index (κ3) is 2.79. The molecule has 1 aliphatic heterocycles. The molecule has 0 bridgehead atoms. The van der Waals surface area contributed by atoms with Crippen molar-refractivity contribution < 1.29 is 13.7 Å². The van der Waals surface area contributed by atoms with Crippen LogP contribution in [0.5, 0.6) is 0 Å². The Bertz CT molecular complexity index is 501. The molecule has 0 saturated carbocycles. The lowest BCUT2D eigenvalue weighted by atomic mass is 9.89. The Balaban J connectivity index is 2.15. The molecule has 1 aromatic rings. The van der Waals surface area contributed by atoms with Crippen molar-refractivity contribution in [2.45, 2.75) is 38.9 Å². The van der Waals surface area contributed by atoms with Crippen LogP contribution in [0.3, 0.4) is 0 Å². The van der Waals surface area contributed by atoms with Crippen molar-refractivity contribution in [3.8, 4) is 0 Å². The first kappa shape index (κ1) is 14.0. The molecule has 2 rings (SSSR count). The number of hydrogen-bond donors (Lipinski definition) is 1. The van der Waals surface area contributed by atoms with Crippen LogP contribution >= 0.6 is 0 Å². The van der Waals surface area contributed by atoms with Crippen LogP contribution in [-0.4, -0.2) is 23.3 Å². The molecule has 1 saturated heterocycles. The van der Waals surface area contributed by atoms with Gasteiger partial charge in [0.15, 0.2) is 0 Å². The lowest BCUT2D eigenvalue weighted by Gasteiger charge is -2.32. The van der Waals surface area contributed by atoms with Gasteiger partial charge in [-0.3, -0.25) is 0 Å². The number of anilines is 1. The molecule has 1 aliphatic rings. The molecular formula is C13H18BFN2O2. The number of pyridine rings is 1. The van der Waals surface area contributed by atoms with E-state index in [4.69, 9.17) is 15.0 Å². The number of nitrogen functional groups attached to an aromatic ring is 1. The summed E-state index contributed by atoms with van der Waals surface area (Å²) in [7, 11) is -0.491. The average Bonchev–Trinajstić information content (AvgIpc) is 2.49. The van der Waals surface area contributed by atoms with Gasteiger partial charge in [-0.2, -0.15) is 4.39 Å². The Hall–Kier alpha value is -1.40. The quantitative estimate of drug-likeness (QED) is 0.658. The maximum atomic E-state index is 13.0. The standard InChI is InChI=1S/C13H18BFN2O2/c1-12(2)13(3,4)19-14(18-12)8-7-10-9(16)5-6-11(15)17-10/h5-8H,16H2,1-4H3/b8-7+. The highest BCUT2D eigenvalue weighted by atomic mass is 19.1. The van der Waals surface area contributed by atoms with E-state index in [0.29, 0.717) is 11.4 Å². The van der Waals surface area contributed by atoms with Gasteiger partial charge >= 0.3 is 7.12 Å². The third-order valence-electron chi connectivity index (χ3n) is 3.61. The van der Waals surface area contributed by atoms with E-state index in [0.717, 1.165) is 0 Å². The number of hydrogen-bond acceptors (Lipinski definition) is 4. The predicted octanol–water partition coefficient (Wildman–Crippen LogP) is 2.45. The van der Waals surface area contributed by atoms with Gasteiger partial charge in [-0.1, -0.05) is 5.98 Å². The summed E-state index contributed by atoms with van der Waals surface area (Å²) >= 11 is 0. The van der Waals surface area contributed by atoms with Crippen molar-refractivity contribution in [2.75, 3.05) is 5.73 Å². The fourth-order valence-electron chi connectivity index (χ4n) is 1.73. The lowest BCUT2D eigenvalue weighted by molar-refractivity contribution is 0.00578. The predicted molar refractivity (Wildman–Crippen MR) is 73.7 cm³/mol. The van der Waals surface area contributed by atoms with Crippen molar-refractivity contribution >= 4 is 18.9 Å². The molecule has 102 valence electrons. The highest BCUT2D eigenvalue weighted by molar-refractivity contribution is 6.52. The largest absolute Gasteiger partial charge is 0.487 e. The van der Waals surface area contributed by atoms with Crippen LogP contribution < -0.4 is 5.73 Å². The van der Waals surface area contributed by atoms with E-state index in [2.05, 4.69) is 4.98 Å². The van der Waals surface area contributed by atoms with Crippen LogP contribution in [0.15, 0.2) is 18.1 Å². The molecule has 0 aliphatic carbocycles. The van der Waals surface area contributed by atoms with E-state index in [9.17, 15) is 4.39 Å². The van der Waals surface area contributed by atoms with Gasteiger partial charge in [-0.05, 0) is 45.9 Å². The minimum Gasteiger partial charge on any atom is -0.400 e. The van der Waals surface area contributed by atoms with E-state index < -0.39 is 24.3 Å². The number of halogens is 1. The molecule has 2 heterocycles. The number of rotatable bonds is 2. The fourth-order valence-corrected chi connectivity index (χ4v) is 1.73.